The smallest absolute Gasteiger partial charge is 0.132 e. The van der Waals surface area contributed by atoms with Crippen molar-refractivity contribution in [1.82, 2.24) is 10.6 Å². The van der Waals surface area contributed by atoms with Crippen LogP contribution in [0.5, 0.6) is 11.5 Å². The molecule has 232 valence electrons. The molecule has 0 radical (unpaired) electrons. The molecule has 0 unspecified atom stereocenters. The zero-order valence-electron chi connectivity index (χ0n) is 25.2. The molecular weight excluding hydrogens is 532 g/mol. The highest BCUT2D eigenvalue weighted by molar-refractivity contribution is 5.79. The van der Waals surface area contributed by atoms with Crippen LogP contribution in [0.15, 0.2) is 48.5 Å². The molecule has 0 aliphatic heterocycles. The van der Waals surface area contributed by atoms with Crippen molar-refractivity contribution in [2.24, 2.45) is 11.8 Å². The first kappa shape index (κ1) is 33.7. The lowest BCUT2D eigenvalue weighted by atomic mass is 9.82. The van der Waals surface area contributed by atoms with Crippen molar-refractivity contribution in [3.05, 3.63) is 59.7 Å². The number of rotatable bonds is 12. The van der Waals surface area contributed by atoms with Crippen LogP contribution in [0.4, 0.5) is 0 Å². The van der Waals surface area contributed by atoms with Crippen LogP contribution in [0.25, 0.3) is 0 Å². The summed E-state index contributed by atoms with van der Waals surface area (Å²) in [6.07, 6.45) is 6.63. The second kappa shape index (κ2) is 17.4. The predicted molar refractivity (Wildman–Crippen MR) is 164 cm³/mol. The van der Waals surface area contributed by atoms with Crippen LogP contribution in [0.2, 0.25) is 0 Å². The van der Waals surface area contributed by atoms with Crippen LogP contribution >= 0.6 is 0 Å². The van der Waals surface area contributed by atoms with Gasteiger partial charge >= 0.3 is 0 Å². The van der Waals surface area contributed by atoms with E-state index in [0.29, 0.717) is 37.2 Å². The largest absolute Gasteiger partial charge is 0.508 e. The predicted octanol–water partition coefficient (Wildman–Crippen LogP) is 4.07. The molecule has 0 amide bonds. The highest BCUT2D eigenvalue weighted by Crippen LogP contribution is 2.27. The Morgan fingerprint density at radius 2 is 0.929 bits per heavy atom. The van der Waals surface area contributed by atoms with Crippen molar-refractivity contribution in [1.29, 1.82) is 0 Å². The summed E-state index contributed by atoms with van der Waals surface area (Å²) < 4.78 is 0. The Labute approximate surface area is 250 Å². The van der Waals surface area contributed by atoms with Gasteiger partial charge in [0.1, 0.15) is 23.1 Å². The van der Waals surface area contributed by atoms with E-state index in [0.717, 1.165) is 62.7 Å². The van der Waals surface area contributed by atoms with E-state index in [1.807, 2.05) is 38.1 Å². The first-order valence-corrected chi connectivity index (χ1v) is 15.5. The van der Waals surface area contributed by atoms with E-state index in [4.69, 9.17) is 0 Å². The molecule has 0 aromatic heterocycles. The molecule has 4 atom stereocenters. The number of hydrogen-bond donors (Lipinski definition) is 6. The number of ketones is 2. The van der Waals surface area contributed by atoms with Crippen LogP contribution in [-0.4, -0.2) is 69.4 Å². The van der Waals surface area contributed by atoms with Crippen molar-refractivity contribution in [3.63, 3.8) is 0 Å². The Hall–Kier alpha value is -2.78. The average molecular weight is 583 g/mol. The van der Waals surface area contributed by atoms with E-state index in [-0.39, 0.29) is 35.4 Å². The van der Waals surface area contributed by atoms with Crippen molar-refractivity contribution in [2.45, 2.75) is 102 Å². The van der Waals surface area contributed by atoms with Gasteiger partial charge in [0.15, 0.2) is 0 Å². The van der Waals surface area contributed by atoms with E-state index in [1.54, 1.807) is 24.3 Å². The SMILES string of the molecule is C[C@@H](NCCc1ccc(O)cc1)[C@H](O)C1CCC(=O)CC1.C[C@H](NCCc1ccc(O)cc1)[C@@H](O)C1CCC(=O)CC1. The first-order valence-electron chi connectivity index (χ1n) is 15.5. The fourth-order valence-corrected chi connectivity index (χ4v) is 5.88. The van der Waals surface area contributed by atoms with Gasteiger partial charge in [0.2, 0.25) is 0 Å². The fourth-order valence-electron chi connectivity index (χ4n) is 5.88. The molecule has 0 bridgehead atoms. The molecule has 8 heteroatoms. The molecule has 4 rings (SSSR count). The maximum absolute atomic E-state index is 11.2. The molecule has 0 saturated heterocycles. The summed E-state index contributed by atoms with van der Waals surface area (Å²) in [5.41, 5.74) is 2.32. The van der Waals surface area contributed by atoms with E-state index in [9.17, 15) is 30.0 Å². The van der Waals surface area contributed by atoms with E-state index in [2.05, 4.69) is 10.6 Å². The van der Waals surface area contributed by atoms with E-state index >= 15 is 0 Å². The number of aliphatic hydroxyl groups is 2. The van der Waals surface area contributed by atoms with Crippen LogP contribution in [0.3, 0.4) is 0 Å². The van der Waals surface area contributed by atoms with Crippen LogP contribution in [0.1, 0.15) is 76.3 Å². The van der Waals surface area contributed by atoms with Gasteiger partial charge in [-0.25, -0.2) is 0 Å². The number of phenolic OH excluding ortho intramolecular Hbond substituents is 2. The molecule has 8 nitrogen and oxygen atoms in total. The zero-order chi connectivity index (χ0) is 30.5. The van der Waals surface area contributed by atoms with E-state index < -0.39 is 12.2 Å². The molecule has 42 heavy (non-hydrogen) atoms. The number of phenols is 2. The highest BCUT2D eigenvalue weighted by Gasteiger charge is 2.29. The summed E-state index contributed by atoms with van der Waals surface area (Å²) >= 11 is 0. The Morgan fingerprint density at radius 1 is 0.619 bits per heavy atom. The lowest BCUT2D eigenvalue weighted by Gasteiger charge is -2.30. The summed E-state index contributed by atoms with van der Waals surface area (Å²) in [5.74, 6) is 1.68. The minimum absolute atomic E-state index is 0.0281. The minimum atomic E-state index is -0.391. The number of aliphatic hydroxyl groups excluding tert-OH is 2. The van der Waals surface area contributed by atoms with Gasteiger partial charge in [-0.1, -0.05) is 24.3 Å². The van der Waals surface area contributed by atoms with Crippen molar-refractivity contribution >= 4 is 11.6 Å². The number of nitrogens with one attached hydrogen (secondary N) is 2. The molecule has 2 saturated carbocycles. The number of hydrogen-bond acceptors (Lipinski definition) is 8. The van der Waals surface area contributed by atoms with Crippen molar-refractivity contribution < 1.29 is 30.0 Å². The molecular formula is C34H50N2O6. The Balaban J connectivity index is 0.000000230. The monoisotopic (exact) mass is 582 g/mol. The highest BCUT2D eigenvalue weighted by atomic mass is 16.3. The standard InChI is InChI=1S/2C17H25NO3/c2*1-12(17(21)14-4-8-16(20)9-5-14)18-11-10-13-2-6-15(19)7-3-13/h2*2-3,6-7,12,14,17-19,21H,4-5,8-11H2,1H3/t2*12-,17+/m10/s1. The fraction of sp³-hybridized carbons (Fsp3) is 0.588. The van der Waals surface area contributed by atoms with Crippen molar-refractivity contribution in [2.75, 3.05) is 13.1 Å². The lowest BCUT2D eigenvalue weighted by molar-refractivity contribution is -0.122. The molecule has 2 aliphatic rings. The third kappa shape index (κ3) is 11.5. The summed E-state index contributed by atoms with van der Waals surface area (Å²) in [7, 11) is 0. The first-order chi connectivity index (χ1) is 20.1. The van der Waals surface area contributed by atoms with Gasteiger partial charge in [0.05, 0.1) is 12.2 Å². The molecule has 0 spiro atoms. The third-order valence-corrected chi connectivity index (χ3v) is 8.80. The molecule has 6 N–H and O–H groups in total. The summed E-state index contributed by atoms with van der Waals surface area (Å²) in [5, 5.41) is 45.9. The number of aromatic hydroxyl groups is 2. The number of Topliss-reactive ketones (excluding diaryl/α,β-unsaturated/α-hetero) is 2. The molecule has 2 fully saturated rings. The minimum Gasteiger partial charge on any atom is -0.508 e. The van der Waals surface area contributed by atoms with E-state index in [1.165, 1.54) is 0 Å². The molecule has 0 heterocycles. The zero-order valence-corrected chi connectivity index (χ0v) is 25.2. The maximum Gasteiger partial charge on any atom is 0.132 e. The third-order valence-electron chi connectivity index (χ3n) is 8.80. The van der Waals surface area contributed by atoms with Gasteiger partial charge in [-0.15, -0.1) is 0 Å². The normalized spacial score (nSPS) is 19.4. The summed E-state index contributed by atoms with van der Waals surface area (Å²) in [6.45, 7) is 5.57. The Morgan fingerprint density at radius 3 is 1.24 bits per heavy atom. The lowest BCUT2D eigenvalue weighted by Crippen LogP contribution is -2.43. The summed E-state index contributed by atoms with van der Waals surface area (Å²) in [4.78, 5) is 22.5. The average Bonchev–Trinajstić information content (AvgIpc) is 2.99. The second-order valence-electron chi connectivity index (χ2n) is 12.1. The number of benzene rings is 2. The van der Waals surface area contributed by atoms with Gasteiger partial charge in [-0.3, -0.25) is 9.59 Å². The maximum atomic E-state index is 11.2. The van der Waals surface area contributed by atoms with Gasteiger partial charge in [-0.05, 0) is 113 Å². The quantitative estimate of drug-likeness (QED) is 0.220. The Kier molecular flexibility index (Phi) is 13.9. The van der Waals surface area contributed by atoms with Gasteiger partial charge in [0, 0.05) is 37.8 Å². The van der Waals surface area contributed by atoms with Crippen LogP contribution < -0.4 is 10.6 Å². The molecule has 2 aromatic carbocycles. The van der Waals surface area contributed by atoms with Crippen LogP contribution in [0, 0.1) is 11.8 Å². The van der Waals surface area contributed by atoms with Gasteiger partial charge in [-0.2, -0.15) is 0 Å². The van der Waals surface area contributed by atoms with Crippen molar-refractivity contribution in [3.8, 4) is 11.5 Å². The van der Waals surface area contributed by atoms with Gasteiger partial charge < -0.3 is 31.1 Å². The van der Waals surface area contributed by atoms with Gasteiger partial charge in [0.25, 0.3) is 0 Å². The molecule has 2 aromatic rings. The summed E-state index contributed by atoms with van der Waals surface area (Å²) in [6, 6.07) is 14.4. The Bertz CT molecular complexity index is 983. The second-order valence-corrected chi connectivity index (χ2v) is 12.1. The van der Waals surface area contributed by atoms with Crippen LogP contribution in [-0.2, 0) is 22.4 Å². The topological polar surface area (TPSA) is 139 Å². The number of carbonyl (C=O) groups excluding carboxylic acids is 2. The number of carbonyl (C=O) groups is 2. The molecule has 2 aliphatic carbocycles.